The summed E-state index contributed by atoms with van der Waals surface area (Å²) in [4.78, 5) is 21.0. The predicted molar refractivity (Wildman–Crippen MR) is 119 cm³/mol. The van der Waals surface area contributed by atoms with Gasteiger partial charge in [0.15, 0.2) is 5.96 Å². The number of aliphatic imine (C=N–C) groups is 1. The smallest absolute Gasteiger partial charge is 0.253 e. The molecule has 1 heterocycles. The molecule has 1 aromatic rings. The van der Waals surface area contributed by atoms with Gasteiger partial charge in [-0.15, -0.1) is 24.0 Å². The molecule has 1 N–H and O–H groups in total. The Morgan fingerprint density at radius 2 is 1.85 bits per heavy atom. The van der Waals surface area contributed by atoms with E-state index in [4.69, 9.17) is 0 Å². The maximum atomic E-state index is 12.5. The number of piperidine rings is 1. The van der Waals surface area contributed by atoms with Gasteiger partial charge in [0, 0.05) is 45.8 Å². The summed E-state index contributed by atoms with van der Waals surface area (Å²) in [6.45, 7) is 5.68. The largest absolute Gasteiger partial charge is 0.352 e. The van der Waals surface area contributed by atoms with Crippen molar-refractivity contribution in [1.82, 2.24) is 15.1 Å². The minimum atomic E-state index is 0. The van der Waals surface area contributed by atoms with Crippen LogP contribution in [0.15, 0.2) is 29.3 Å². The lowest BCUT2D eigenvalue weighted by atomic mass is 10.1. The predicted octanol–water partition coefficient (Wildman–Crippen LogP) is 3.74. The molecule has 1 aromatic carbocycles. The number of unbranched alkanes of at least 4 members (excludes halogenated alkanes) is 1. The van der Waals surface area contributed by atoms with Crippen molar-refractivity contribution in [3.05, 3.63) is 35.4 Å². The molecular weight excluding hydrogens is 439 g/mol. The van der Waals surface area contributed by atoms with Gasteiger partial charge >= 0.3 is 0 Å². The van der Waals surface area contributed by atoms with Gasteiger partial charge < -0.3 is 15.1 Å². The van der Waals surface area contributed by atoms with Crippen molar-refractivity contribution in [2.45, 2.75) is 45.6 Å². The minimum Gasteiger partial charge on any atom is -0.352 e. The van der Waals surface area contributed by atoms with Crippen molar-refractivity contribution < 1.29 is 4.79 Å². The molecular formula is C20H33IN4O. The number of guanidine groups is 1. The first-order valence-corrected chi connectivity index (χ1v) is 9.45. The molecule has 1 amide bonds. The van der Waals surface area contributed by atoms with E-state index in [1.807, 2.05) is 36.2 Å². The van der Waals surface area contributed by atoms with Gasteiger partial charge in [0.2, 0.25) is 0 Å². The molecule has 0 spiro atoms. The Morgan fingerprint density at radius 1 is 1.19 bits per heavy atom. The molecule has 0 aliphatic carbocycles. The normalized spacial score (nSPS) is 14.6. The number of amides is 1. The van der Waals surface area contributed by atoms with E-state index in [2.05, 4.69) is 29.2 Å². The standard InChI is InChI=1S/C20H32N4O.HI/c1-4-5-13-23(3)20(21-2)22-16-17-9-11-18(12-10-17)19(25)24-14-7-6-8-15-24;/h9-12H,4-8,13-16H2,1-3H3,(H,21,22);1H. The Bertz CT molecular complexity index is 568. The Kier molecular flexibility index (Phi) is 10.6. The monoisotopic (exact) mass is 472 g/mol. The molecule has 1 saturated heterocycles. The van der Waals surface area contributed by atoms with Crippen molar-refractivity contribution in [3.8, 4) is 0 Å². The van der Waals surface area contributed by atoms with Crippen LogP contribution in [-0.4, -0.2) is 55.4 Å². The topological polar surface area (TPSA) is 47.9 Å². The lowest BCUT2D eigenvalue weighted by molar-refractivity contribution is 0.0724. The quantitative estimate of drug-likeness (QED) is 0.390. The van der Waals surface area contributed by atoms with Crippen LogP contribution >= 0.6 is 24.0 Å². The number of hydrogen-bond donors (Lipinski definition) is 1. The summed E-state index contributed by atoms with van der Waals surface area (Å²) >= 11 is 0. The highest BCUT2D eigenvalue weighted by Gasteiger charge is 2.17. The van der Waals surface area contributed by atoms with Crippen LogP contribution in [0.3, 0.4) is 0 Å². The van der Waals surface area contributed by atoms with E-state index in [9.17, 15) is 4.79 Å². The molecule has 0 aromatic heterocycles. The van der Waals surface area contributed by atoms with Crippen molar-refractivity contribution in [1.29, 1.82) is 0 Å². The van der Waals surface area contributed by atoms with E-state index >= 15 is 0 Å². The van der Waals surface area contributed by atoms with Crippen LogP contribution in [0.5, 0.6) is 0 Å². The number of likely N-dealkylation sites (tertiary alicyclic amines) is 1. The lowest BCUT2D eigenvalue weighted by Crippen LogP contribution is -2.39. The van der Waals surface area contributed by atoms with Crippen molar-refractivity contribution >= 4 is 35.8 Å². The van der Waals surface area contributed by atoms with Gasteiger partial charge in [-0.1, -0.05) is 25.5 Å². The van der Waals surface area contributed by atoms with Gasteiger partial charge in [0.05, 0.1) is 0 Å². The van der Waals surface area contributed by atoms with Crippen molar-refractivity contribution in [2.75, 3.05) is 33.7 Å². The first kappa shape index (κ1) is 22.7. The van der Waals surface area contributed by atoms with Gasteiger partial charge in [0.25, 0.3) is 5.91 Å². The second-order valence-electron chi connectivity index (χ2n) is 6.73. The molecule has 0 saturated carbocycles. The summed E-state index contributed by atoms with van der Waals surface area (Å²) in [5.41, 5.74) is 1.94. The molecule has 1 aliphatic rings. The van der Waals surface area contributed by atoms with Gasteiger partial charge in [-0.3, -0.25) is 9.79 Å². The third kappa shape index (κ3) is 6.78. The molecule has 146 valence electrons. The third-order valence-electron chi connectivity index (χ3n) is 4.72. The molecule has 26 heavy (non-hydrogen) atoms. The van der Waals surface area contributed by atoms with Crippen molar-refractivity contribution in [3.63, 3.8) is 0 Å². The van der Waals surface area contributed by atoms with Crippen molar-refractivity contribution in [2.24, 2.45) is 4.99 Å². The highest BCUT2D eigenvalue weighted by Crippen LogP contribution is 2.14. The number of carbonyl (C=O) groups excluding carboxylic acids is 1. The number of halogens is 1. The van der Waals surface area contributed by atoms with Crippen LogP contribution in [0.1, 0.15) is 54.9 Å². The summed E-state index contributed by atoms with van der Waals surface area (Å²) in [7, 11) is 3.87. The van der Waals surface area contributed by atoms with Crippen LogP contribution in [0.25, 0.3) is 0 Å². The van der Waals surface area contributed by atoms with Crippen LogP contribution in [0, 0.1) is 0 Å². The Balaban J connectivity index is 0.00000338. The van der Waals surface area contributed by atoms with E-state index in [1.165, 1.54) is 12.8 Å². The molecule has 6 heteroatoms. The lowest BCUT2D eigenvalue weighted by Gasteiger charge is -2.26. The summed E-state index contributed by atoms with van der Waals surface area (Å²) < 4.78 is 0. The summed E-state index contributed by atoms with van der Waals surface area (Å²) in [5, 5.41) is 3.39. The maximum absolute atomic E-state index is 12.5. The second-order valence-corrected chi connectivity index (χ2v) is 6.73. The average Bonchev–Trinajstić information content (AvgIpc) is 2.67. The van der Waals surface area contributed by atoms with Gasteiger partial charge in [-0.05, 0) is 43.4 Å². The molecule has 2 rings (SSSR count). The van der Waals surface area contributed by atoms with Crippen LogP contribution in [0.4, 0.5) is 0 Å². The molecule has 0 radical (unpaired) electrons. The number of hydrogen-bond acceptors (Lipinski definition) is 2. The van der Waals surface area contributed by atoms with E-state index in [-0.39, 0.29) is 29.9 Å². The molecule has 0 bridgehead atoms. The zero-order valence-electron chi connectivity index (χ0n) is 16.3. The van der Waals surface area contributed by atoms with Crippen LogP contribution < -0.4 is 5.32 Å². The Labute approximate surface area is 175 Å². The maximum Gasteiger partial charge on any atom is 0.253 e. The summed E-state index contributed by atoms with van der Waals surface area (Å²) in [6, 6.07) is 7.95. The van der Waals surface area contributed by atoms with E-state index in [0.717, 1.165) is 56.0 Å². The molecule has 0 atom stereocenters. The number of nitrogens with one attached hydrogen (secondary N) is 1. The summed E-state index contributed by atoms with van der Waals surface area (Å²) in [5.74, 6) is 1.07. The fourth-order valence-corrected chi connectivity index (χ4v) is 3.11. The van der Waals surface area contributed by atoms with Gasteiger partial charge in [0.1, 0.15) is 0 Å². The first-order chi connectivity index (χ1) is 12.2. The minimum absolute atomic E-state index is 0. The summed E-state index contributed by atoms with van der Waals surface area (Å²) in [6.07, 6.45) is 5.82. The van der Waals surface area contributed by atoms with Crippen LogP contribution in [-0.2, 0) is 6.54 Å². The average molecular weight is 472 g/mol. The Hall–Kier alpha value is -1.31. The number of rotatable bonds is 6. The molecule has 5 nitrogen and oxygen atoms in total. The van der Waals surface area contributed by atoms with E-state index in [1.54, 1.807) is 0 Å². The SMILES string of the molecule is CCCCN(C)C(=NC)NCc1ccc(C(=O)N2CCCCC2)cc1.I. The van der Waals surface area contributed by atoms with E-state index in [0.29, 0.717) is 6.54 Å². The molecule has 1 aliphatic heterocycles. The fourth-order valence-electron chi connectivity index (χ4n) is 3.11. The fraction of sp³-hybridized carbons (Fsp3) is 0.600. The zero-order chi connectivity index (χ0) is 18.1. The van der Waals surface area contributed by atoms with Gasteiger partial charge in [-0.25, -0.2) is 0 Å². The Morgan fingerprint density at radius 3 is 2.42 bits per heavy atom. The third-order valence-corrected chi connectivity index (χ3v) is 4.72. The number of nitrogens with zero attached hydrogens (tertiary/aromatic N) is 3. The van der Waals surface area contributed by atoms with Crippen LogP contribution in [0.2, 0.25) is 0 Å². The molecule has 0 unspecified atom stereocenters. The molecule has 1 fully saturated rings. The highest BCUT2D eigenvalue weighted by atomic mass is 127. The number of carbonyl (C=O) groups is 1. The highest BCUT2D eigenvalue weighted by molar-refractivity contribution is 14.0. The number of benzene rings is 1. The second kappa shape index (κ2) is 12.1. The first-order valence-electron chi connectivity index (χ1n) is 9.45. The zero-order valence-corrected chi connectivity index (χ0v) is 18.7. The van der Waals surface area contributed by atoms with E-state index < -0.39 is 0 Å². The van der Waals surface area contributed by atoms with Gasteiger partial charge in [-0.2, -0.15) is 0 Å².